The predicted octanol–water partition coefficient (Wildman–Crippen LogP) is 4.01. The lowest BCUT2D eigenvalue weighted by atomic mass is 10.1. The van der Waals surface area contributed by atoms with Gasteiger partial charge in [-0.1, -0.05) is 12.1 Å². The van der Waals surface area contributed by atoms with E-state index in [-0.39, 0.29) is 18.5 Å². The zero-order chi connectivity index (χ0) is 19.5. The number of ether oxygens (including phenoxy) is 2. The normalized spacial score (nSPS) is 11.8. The van der Waals surface area contributed by atoms with Crippen molar-refractivity contribution in [3.63, 3.8) is 0 Å². The van der Waals surface area contributed by atoms with Crippen LogP contribution in [0.15, 0.2) is 60.8 Å². The average molecular weight is 375 g/mol. The highest BCUT2D eigenvalue weighted by molar-refractivity contribution is 6.04. The summed E-state index contributed by atoms with van der Waals surface area (Å²) in [5.74, 6) is 1.45. The van der Waals surface area contributed by atoms with Crippen LogP contribution in [-0.4, -0.2) is 23.5 Å². The van der Waals surface area contributed by atoms with Crippen LogP contribution in [0.3, 0.4) is 0 Å². The molecular formula is C21H17N3O4. The second-order valence-corrected chi connectivity index (χ2v) is 6.21. The molecule has 7 nitrogen and oxygen atoms in total. The fourth-order valence-electron chi connectivity index (χ4n) is 2.78. The first-order valence-electron chi connectivity index (χ1n) is 8.63. The van der Waals surface area contributed by atoms with Gasteiger partial charge in [-0.05, 0) is 43.3 Å². The molecule has 28 heavy (non-hydrogen) atoms. The van der Waals surface area contributed by atoms with Crippen LogP contribution >= 0.6 is 0 Å². The number of anilines is 3. The summed E-state index contributed by atoms with van der Waals surface area (Å²) in [5, 5.41) is 5.94. The molecule has 1 aliphatic rings. The monoisotopic (exact) mass is 375 g/mol. The number of aromatic nitrogens is 1. The first-order valence-corrected chi connectivity index (χ1v) is 8.63. The van der Waals surface area contributed by atoms with Crippen LogP contribution in [0.1, 0.15) is 27.6 Å². The minimum atomic E-state index is -0.276. The first kappa shape index (κ1) is 17.5. The molecule has 7 heteroatoms. The molecule has 0 saturated carbocycles. The van der Waals surface area contributed by atoms with E-state index >= 15 is 0 Å². The van der Waals surface area contributed by atoms with Gasteiger partial charge in [0, 0.05) is 34.8 Å². The molecule has 1 amide bonds. The van der Waals surface area contributed by atoms with Crippen LogP contribution in [0.5, 0.6) is 11.5 Å². The van der Waals surface area contributed by atoms with Crippen molar-refractivity contribution in [1.29, 1.82) is 0 Å². The maximum absolute atomic E-state index is 12.6. The highest BCUT2D eigenvalue weighted by Crippen LogP contribution is 2.34. The highest BCUT2D eigenvalue weighted by Gasteiger charge is 2.15. The lowest BCUT2D eigenvalue weighted by molar-refractivity contribution is 0.101. The van der Waals surface area contributed by atoms with E-state index in [1.54, 1.807) is 54.7 Å². The molecule has 0 unspecified atom stereocenters. The van der Waals surface area contributed by atoms with Crippen molar-refractivity contribution in [2.45, 2.75) is 6.92 Å². The summed E-state index contributed by atoms with van der Waals surface area (Å²) in [6, 6.07) is 15.6. The molecule has 0 aliphatic carbocycles. The molecule has 4 rings (SSSR count). The van der Waals surface area contributed by atoms with Crippen molar-refractivity contribution >= 4 is 28.9 Å². The molecule has 0 saturated heterocycles. The van der Waals surface area contributed by atoms with Gasteiger partial charge in [-0.15, -0.1) is 0 Å². The Morgan fingerprint density at radius 1 is 0.929 bits per heavy atom. The van der Waals surface area contributed by atoms with Gasteiger partial charge in [-0.2, -0.15) is 0 Å². The van der Waals surface area contributed by atoms with Crippen molar-refractivity contribution in [3.05, 3.63) is 71.9 Å². The largest absolute Gasteiger partial charge is 0.454 e. The van der Waals surface area contributed by atoms with Gasteiger partial charge < -0.3 is 20.1 Å². The minimum absolute atomic E-state index is 0.0199. The molecule has 1 aromatic heterocycles. The molecule has 0 atom stereocenters. The van der Waals surface area contributed by atoms with Crippen molar-refractivity contribution in [2.24, 2.45) is 0 Å². The van der Waals surface area contributed by atoms with Gasteiger partial charge in [0.2, 0.25) is 6.79 Å². The standard InChI is InChI=1S/C21H17N3O4/c1-13(25)14-3-2-4-16(9-14)23-20-10-15(7-8-22-20)21(26)24-17-5-6-18-19(11-17)28-12-27-18/h2-11H,12H2,1H3,(H,22,23)(H,24,26). The average Bonchev–Trinajstić information content (AvgIpc) is 3.16. The summed E-state index contributed by atoms with van der Waals surface area (Å²) >= 11 is 0. The number of hydrogen-bond donors (Lipinski definition) is 2. The molecule has 2 heterocycles. The number of amides is 1. The van der Waals surface area contributed by atoms with E-state index in [0.29, 0.717) is 39.8 Å². The second-order valence-electron chi connectivity index (χ2n) is 6.21. The maximum Gasteiger partial charge on any atom is 0.255 e. The molecule has 2 aromatic carbocycles. The Hall–Kier alpha value is -3.87. The lowest BCUT2D eigenvalue weighted by Gasteiger charge is -2.09. The SMILES string of the molecule is CC(=O)c1cccc(Nc2cc(C(=O)Nc3ccc4c(c3)OCO4)ccn2)c1. The summed E-state index contributed by atoms with van der Waals surface area (Å²) in [6.07, 6.45) is 1.55. The van der Waals surface area contributed by atoms with Gasteiger partial charge in [-0.25, -0.2) is 4.98 Å². The Bertz CT molecular complexity index is 1070. The Morgan fingerprint density at radius 2 is 1.79 bits per heavy atom. The van der Waals surface area contributed by atoms with Crippen LogP contribution in [0.4, 0.5) is 17.2 Å². The van der Waals surface area contributed by atoms with Crippen molar-refractivity contribution in [3.8, 4) is 11.5 Å². The molecule has 0 bridgehead atoms. The number of Topliss-reactive ketones (excluding diaryl/α,β-unsaturated/α-hetero) is 1. The quantitative estimate of drug-likeness (QED) is 0.655. The lowest BCUT2D eigenvalue weighted by Crippen LogP contribution is -2.12. The molecule has 0 fully saturated rings. The van der Waals surface area contributed by atoms with Crippen molar-refractivity contribution in [1.82, 2.24) is 4.98 Å². The Kier molecular flexibility index (Phi) is 4.63. The van der Waals surface area contributed by atoms with Crippen molar-refractivity contribution < 1.29 is 19.1 Å². The Balaban J connectivity index is 1.49. The summed E-state index contributed by atoms with van der Waals surface area (Å²) < 4.78 is 10.6. The number of hydrogen-bond acceptors (Lipinski definition) is 6. The van der Waals surface area contributed by atoms with E-state index in [2.05, 4.69) is 15.6 Å². The van der Waals surface area contributed by atoms with Crippen LogP contribution in [0, 0.1) is 0 Å². The molecule has 3 aromatic rings. The predicted molar refractivity (Wildman–Crippen MR) is 104 cm³/mol. The number of benzene rings is 2. The Labute approximate surface area is 161 Å². The van der Waals surface area contributed by atoms with Crippen LogP contribution in [0.25, 0.3) is 0 Å². The fourth-order valence-corrected chi connectivity index (χ4v) is 2.78. The van der Waals surface area contributed by atoms with Crippen molar-refractivity contribution in [2.75, 3.05) is 17.4 Å². The fraction of sp³-hybridized carbons (Fsp3) is 0.0952. The summed E-state index contributed by atoms with van der Waals surface area (Å²) in [5.41, 5.74) is 2.36. The molecule has 0 spiro atoms. The van der Waals surface area contributed by atoms with Gasteiger partial charge >= 0.3 is 0 Å². The van der Waals surface area contributed by atoms with E-state index in [1.165, 1.54) is 6.92 Å². The van der Waals surface area contributed by atoms with Crippen LogP contribution in [0.2, 0.25) is 0 Å². The maximum atomic E-state index is 12.6. The van der Waals surface area contributed by atoms with Gasteiger partial charge in [0.25, 0.3) is 5.91 Å². The second kappa shape index (κ2) is 7.40. The number of ketones is 1. The number of nitrogens with one attached hydrogen (secondary N) is 2. The van der Waals surface area contributed by atoms with Crippen LogP contribution in [-0.2, 0) is 0 Å². The highest BCUT2D eigenvalue weighted by atomic mass is 16.7. The summed E-state index contributed by atoms with van der Waals surface area (Å²) in [6.45, 7) is 1.69. The number of pyridine rings is 1. The van der Waals surface area contributed by atoms with E-state index in [1.807, 2.05) is 6.07 Å². The topological polar surface area (TPSA) is 89.6 Å². The summed E-state index contributed by atoms with van der Waals surface area (Å²) in [4.78, 5) is 28.3. The molecule has 0 radical (unpaired) electrons. The minimum Gasteiger partial charge on any atom is -0.454 e. The number of fused-ring (bicyclic) bond motifs is 1. The molecule has 140 valence electrons. The summed E-state index contributed by atoms with van der Waals surface area (Å²) in [7, 11) is 0. The first-order chi connectivity index (χ1) is 13.6. The number of carbonyl (C=O) groups excluding carboxylic acids is 2. The number of rotatable bonds is 5. The van der Waals surface area contributed by atoms with Gasteiger partial charge in [0.05, 0.1) is 0 Å². The van der Waals surface area contributed by atoms with E-state index < -0.39 is 0 Å². The third-order valence-corrected chi connectivity index (χ3v) is 4.19. The van der Waals surface area contributed by atoms with E-state index in [9.17, 15) is 9.59 Å². The third kappa shape index (κ3) is 3.78. The third-order valence-electron chi connectivity index (χ3n) is 4.19. The molecule has 2 N–H and O–H groups in total. The van der Waals surface area contributed by atoms with Gasteiger partial charge in [-0.3, -0.25) is 9.59 Å². The van der Waals surface area contributed by atoms with E-state index in [4.69, 9.17) is 9.47 Å². The number of nitrogens with zero attached hydrogens (tertiary/aromatic N) is 1. The van der Waals surface area contributed by atoms with Gasteiger partial charge in [0.15, 0.2) is 17.3 Å². The molecule has 1 aliphatic heterocycles. The van der Waals surface area contributed by atoms with Crippen LogP contribution < -0.4 is 20.1 Å². The van der Waals surface area contributed by atoms with E-state index in [0.717, 1.165) is 0 Å². The smallest absolute Gasteiger partial charge is 0.255 e. The molecular weight excluding hydrogens is 358 g/mol. The van der Waals surface area contributed by atoms with Gasteiger partial charge in [0.1, 0.15) is 5.82 Å². The zero-order valence-corrected chi connectivity index (χ0v) is 15.1. The Morgan fingerprint density at radius 3 is 2.64 bits per heavy atom. The zero-order valence-electron chi connectivity index (χ0n) is 15.1. The number of carbonyl (C=O) groups is 2.